The van der Waals surface area contributed by atoms with Crippen LogP contribution in [-0.4, -0.2) is 16.8 Å². The van der Waals surface area contributed by atoms with Crippen LogP contribution in [0.1, 0.15) is 24.1 Å². The van der Waals surface area contributed by atoms with Crippen LogP contribution in [0.25, 0.3) is 0 Å². The molecule has 1 heterocycles. The zero-order valence-corrected chi connectivity index (χ0v) is 12.6. The molecular formula is C14H17BrFN3. The van der Waals surface area contributed by atoms with Crippen LogP contribution < -0.4 is 5.32 Å². The average Bonchev–Trinajstić information content (AvgIpc) is 2.87. The van der Waals surface area contributed by atoms with E-state index in [1.54, 1.807) is 12.1 Å². The molecule has 0 saturated carbocycles. The van der Waals surface area contributed by atoms with Gasteiger partial charge in [0.1, 0.15) is 5.82 Å². The van der Waals surface area contributed by atoms with Gasteiger partial charge in [0, 0.05) is 23.3 Å². The minimum Gasteiger partial charge on any atom is -0.313 e. The highest BCUT2D eigenvalue weighted by atomic mass is 79.9. The number of nitrogens with one attached hydrogen (secondary N) is 1. The van der Waals surface area contributed by atoms with Gasteiger partial charge in [-0.3, -0.25) is 4.68 Å². The minimum atomic E-state index is -0.220. The summed E-state index contributed by atoms with van der Waals surface area (Å²) in [6.45, 7) is 2.91. The lowest BCUT2D eigenvalue weighted by molar-refractivity contribution is 0.574. The van der Waals surface area contributed by atoms with E-state index in [1.165, 1.54) is 6.07 Å². The Morgan fingerprint density at radius 1 is 1.47 bits per heavy atom. The second-order valence-corrected chi connectivity index (χ2v) is 5.27. The van der Waals surface area contributed by atoms with Gasteiger partial charge in [-0.05, 0) is 49.7 Å². The SMILES string of the molecule is CCn1cc(CC(NC)c2cc(F)ccc2Br)cn1. The molecule has 2 rings (SSSR count). The summed E-state index contributed by atoms with van der Waals surface area (Å²) < 4.78 is 16.2. The Balaban J connectivity index is 2.22. The molecule has 1 atom stereocenters. The first-order chi connectivity index (χ1) is 9.13. The maximum atomic E-state index is 13.4. The molecule has 2 aromatic rings. The Kier molecular flexibility index (Phi) is 4.71. The van der Waals surface area contributed by atoms with Crippen molar-refractivity contribution in [3.8, 4) is 0 Å². The van der Waals surface area contributed by atoms with Gasteiger partial charge in [0.2, 0.25) is 0 Å². The van der Waals surface area contributed by atoms with Gasteiger partial charge in [0.25, 0.3) is 0 Å². The van der Waals surface area contributed by atoms with E-state index >= 15 is 0 Å². The normalized spacial score (nSPS) is 12.6. The molecule has 0 aliphatic carbocycles. The van der Waals surface area contributed by atoms with Crippen LogP contribution in [0.5, 0.6) is 0 Å². The Morgan fingerprint density at radius 2 is 2.26 bits per heavy atom. The van der Waals surface area contributed by atoms with E-state index in [2.05, 4.69) is 33.3 Å². The number of nitrogens with zero attached hydrogens (tertiary/aromatic N) is 2. The zero-order valence-electron chi connectivity index (χ0n) is 11.0. The summed E-state index contributed by atoms with van der Waals surface area (Å²) in [6, 6.07) is 4.81. The predicted octanol–water partition coefficient (Wildman–Crippen LogP) is 3.31. The van der Waals surface area contributed by atoms with Crippen molar-refractivity contribution in [3.05, 3.63) is 52.0 Å². The van der Waals surface area contributed by atoms with E-state index in [0.29, 0.717) is 0 Å². The third kappa shape index (κ3) is 3.42. The number of hydrogen-bond acceptors (Lipinski definition) is 2. The average molecular weight is 326 g/mol. The smallest absolute Gasteiger partial charge is 0.123 e. The van der Waals surface area contributed by atoms with E-state index in [-0.39, 0.29) is 11.9 Å². The molecule has 1 aromatic carbocycles. The highest BCUT2D eigenvalue weighted by Gasteiger charge is 2.15. The molecule has 0 fully saturated rings. The Hall–Kier alpha value is -1.20. The highest BCUT2D eigenvalue weighted by molar-refractivity contribution is 9.10. The maximum Gasteiger partial charge on any atom is 0.123 e. The van der Waals surface area contributed by atoms with Gasteiger partial charge in [-0.2, -0.15) is 5.10 Å². The molecule has 0 spiro atoms. The van der Waals surface area contributed by atoms with E-state index in [0.717, 1.165) is 28.6 Å². The monoisotopic (exact) mass is 325 g/mol. The van der Waals surface area contributed by atoms with Crippen LogP contribution in [0.15, 0.2) is 35.1 Å². The number of hydrogen-bond donors (Lipinski definition) is 1. The summed E-state index contributed by atoms with van der Waals surface area (Å²) in [6.07, 6.45) is 4.66. The summed E-state index contributed by atoms with van der Waals surface area (Å²) in [4.78, 5) is 0. The van der Waals surface area contributed by atoms with Crippen molar-refractivity contribution in [2.45, 2.75) is 25.9 Å². The molecule has 0 bridgehead atoms. The number of halogens is 2. The zero-order chi connectivity index (χ0) is 13.8. The van der Waals surface area contributed by atoms with Crippen molar-refractivity contribution >= 4 is 15.9 Å². The predicted molar refractivity (Wildman–Crippen MR) is 77.5 cm³/mol. The number of benzene rings is 1. The van der Waals surface area contributed by atoms with E-state index in [4.69, 9.17) is 0 Å². The Labute approximate surface area is 121 Å². The molecule has 1 unspecified atom stereocenters. The number of rotatable bonds is 5. The molecule has 0 amide bonds. The Morgan fingerprint density at radius 3 is 2.89 bits per heavy atom. The fraction of sp³-hybridized carbons (Fsp3) is 0.357. The van der Waals surface area contributed by atoms with Crippen LogP contribution in [-0.2, 0) is 13.0 Å². The van der Waals surface area contributed by atoms with Gasteiger partial charge in [-0.1, -0.05) is 15.9 Å². The summed E-state index contributed by atoms with van der Waals surface area (Å²) in [5.74, 6) is -0.220. The van der Waals surface area contributed by atoms with Gasteiger partial charge in [0.05, 0.1) is 6.20 Å². The van der Waals surface area contributed by atoms with Crippen molar-refractivity contribution in [3.63, 3.8) is 0 Å². The Bertz CT molecular complexity index is 553. The van der Waals surface area contributed by atoms with Crippen molar-refractivity contribution in [2.24, 2.45) is 0 Å². The van der Waals surface area contributed by atoms with Crippen molar-refractivity contribution < 1.29 is 4.39 Å². The summed E-state index contributed by atoms with van der Waals surface area (Å²) in [7, 11) is 1.88. The van der Waals surface area contributed by atoms with Gasteiger partial charge in [0.15, 0.2) is 0 Å². The minimum absolute atomic E-state index is 0.0552. The van der Waals surface area contributed by atoms with Gasteiger partial charge < -0.3 is 5.32 Å². The topological polar surface area (TPSA) is 29.9 Å². The largest absolute Gasteiger partial charge is 0.313 e. The highest BCUT2D eigenvalue weighted by Crippen LogP contribution is 2.26. The lowest BCUT2D eigenvalue weighted by Gasteiger charge is -2.17. The summed E-state index contributed by atoms with van der Waals surface area (Å²) in [5.41, 5.74) is 2.06. The molecule has 1 aromatic heterocycles. The lowest BCUT2D eigenvalue weighted by Crippen LogP contribution is -2.19. The summed E-state index contributed by atoms with van der Waals surface area (Å²) in [5, 5.41) is 7.49. The number of likely N-dealkylation sites (N-methyl/N-ethyl adjacent to an activating group) is 1. The van der Waals surface area contributed by atoms with E-state index in [1.807, 2.05) is 24.1 Å². The number of aryl methyl sites for hydroxylation is 1. The van der Waals surface area contributed by atoms with E-state index in [9.17, 15) is 4.39 Å². The standard InChI is InChI=1S/C14H17BrFN3/c1-3-19-9-10(8-18-19)6-14(17-2)12-7-11(16)4-5-13(12)15/h4-5,7-9,14,17H,3,6H2,1-2H3. The van der Waals surface area contributed by atoms with Crippen LogP contribution in [0.4, 0.5) is 4.39 Å². The lowest BCUT2D eigenvalue weighted by atomic mass is 10.0. The molecule has 1 N–H and O–H groups in total. The molecule has 0 aliphatic rings. The molecule has 3 nitrogen and oxygen atoms in total. The van der Waals surface area contributed by atoms with Crippen molar-refractivity contribution in [2.75, 3.05) is 7.05 Å². The van der Waals surface area contributed by atoms with Gasteiger partial charge in [-0.25, -0.2) is 4.39 Å². The molecular weight excluding hydrogens is 309 g/mol. The van der Waals surface area contributed by atoms with Gasteiger partial charge >= 0.3 is 0 Å². The van der Waals surface area contributed by atoms with Crippen LogP contribution in [0.2, 0.25) is 0 Å². The van der Waals surface area contributed by atoms with E-state index < -0.39 is 0 Å². The molecule has 0 saturated heterocycles. The third-order valence-corrected chi connectivity index (χ3v) is 3.85. The third-order valence-electron chi connectivity index (χ3n) is 3.13. The second kappa shape index (κ2) is 6.30. The van der Waals surface area contributed by atoms with Crippen molar-refractivity contribution in [1.29, 1.82) is 0 Å². The van der Waals surface area contributed by atoms with Crippen LogP contribution >= 0.6 is 15.9 Å². The van der Waals surface area contributed by atoms with Crippen LogP contribution in [0, 0.1) is 5.82 Å². The van der Waals surface area contributed by atoms with Crippen LogP contribution in [0.3, 0.4) is 0 Å². The number of aromatic nitrogens is 2. The maximum absolute atomic E-state index is 13.4. The first-order valence-electron chi connectivity index (χ1n) is 6.27. The summed E-state index contributed by atoms with van der Waals surface area (Å²) >= 11 is 3.48. The van der Waals surface area contributed by atoms with Gasteiger partial charge in [-0.15, -0.1) is 0 Å². The fourth-order valence-electron chi connectivity index (χ4n) is 2.07. The molecule has 0 aliphatic heterocycles. The molecule has 5 heteroatoms. The molecule has 19 heavy (non-hydrogen) atoms. The first-order valence-corrected chi connectivity index (χ1v) is 7.07. The second-order valence-electron chi connectivity index (χ2n) is 4.42. The molecule has 102 valence electrons. The first kappa shape index (κ1) is 14.2. The molecule has 0 radical (unpaired) electrons. The fourth-order valence-corrected chi connectivity index (χ4v) is 2.59. The van der Waals surface area contributed by atoms with Crippen molar-refractivity contribution in [1.82, 2.24) is 15.1 Å². The quantitative estimate of drug-likeness (QED) is 0.914.